The van der Waals surface area contributed by atoms with Crippen LogP contribution in [0.3, 0.4) is 0 Å². The van der Waals surface area contributed by atoms with Crippen LogP contribution in [0.4, 0.5) is 16.2 Å². The van der Waals surface area contributed by atoms with E-state index in [2.05, 4.69) is 24.1 Å². The fourth-order valence-electron chi connectivity index (χ4n) is 4.28. The number of amides is 3. The van der Waals surface area contributed by atoms with Gasteiger partial charge in [-0.15, -0.1) is 0 Å². The lowest BCUT2D eigenvalue weighted by Crippen LogP contribution is -2.49. The molecule has 36 heavy (non-hydrogen) atoms. The first-order chi connectivity index (χ1) is 17.6. The van der Waals surface area contributed by atoms with Gasteiger partial charge in [0.2, 0.25) is 0 Å². The number of carbonyl (C=O) groups is 2. The minimum Gasteiger partial charge on any atom is -0.457 e. The number of rotatable bonds is 10. The molecule has 0 aromatic heterocycles. The molecule has 1 aliphatic heterocycles. The van der Waals surface area contributed by atoms with E-state index in [-0.39, 0.29) is 11.9 Å². The van der Waals surface area contributed by atoms with Crippen molar-refractivity contribution in [2.75, 3.05) is 49.1 Å². The zero-order chi connectivity index (χ0) is 25.3. The van der Waals surface area contributed by atoms with Gasteiger partial charge in [-0.25, -0.2) is 4.79 Å². The van der Waals surface area contributed by atoms with E-state index in [1.165, 1.54) is 0 Å². The Balaban J connectivity index is 1.37. The first-order valence-electron chi connectivity index (χ1n) is 12.6. The molecule has 1 heterocycles. The van der Waals surface area contributed by atoms with Gasteiger partial charge in [-0.3, -0.25) is 14.6 Å². The first kappa shape index (κ1) is 25.3. The minimum absolute atomic E-state index is 0.0746. The molecule has 3 amide bonds. The Bertz CT molecular complexity index is 1130. The molecule has 188 valence electrons. The van der Waals surface area contributed by atoms with Crippen LogP contribution in [0.1, 0.15) is 30.6 Å². The lowest BCUT2D eigenvalue weighted by molar-refractivity contribution is 0.0949. The van der Waals surface area contributed by atoms with Crippen molar-refractivity contribution in [3.63, 3.8) is 0 Å². The predicted molar refractivity (Wildman–Crippen MR) is 144 cm³/mol. The van der Waals surface area contributed by atoms with Gasteiger partial charge in [0.25, 0.3) is 5.91 Å². The molecule has 0 unspecified atom stereocenters. The third-order valence-corrected chi connectivity index (χ3v) is 6.40. The van der Waals surface area contributed by atoms with Crippen LogP contribution in [0, 0.1) is 0 Å². The molecule has 0 bridgehead atoms. The van der Waals surface area contributed by atoms with E-state index in [1.54, 1.807) is 21.9 Å². The van der Waals surface area contributed by atoms with Crippen molar-refractivity contribution in [1.82, 2.24) is 10.2 Å². The normalized spacial score (nSPS) is 13.7. The molecule has 1 fully saturated rings. The quantitative estimate of drug-likeness (QED) is 0.417. The highest BCUT2D eigenvalue weighted by Gasteiger charge is 2.28. The van der Waals surface area contributed by atoms with Gasteiger partial charge in [-0.1, -0.05) is 32.0 Å². The van der Waals surface area contributed by atoms with Crippen molar-refractivity contribution >= 4 is 23.3 Å². The molecule has 1 N–H and O–H groups in total. The lowest BCUT2D eigenvalue weighted by Gasteiger charge is -2.35. The van der Waals surface area contributed by atoms with E-state index >= 15 is 0 Å². The number of anilines is 2. The maximum absolute atomic E-state index is 13.3. The van der Waals surface area contributed by atoms with Gasteiger partial charge < -0.3 is 15.0 Å². The smallest absolute Gasteiger partial charge is 0.328 e. The Labute approximate surface area is 213 Å². The molecule has 0 spiro atoms. The van der Waals surface area contributed by atoms with Crippen molar-refractivity contribution in [3.05, 3.63) is 84.4 Å². The van der Waals surface area contributed by atoms with Gasteiger partial charge in [0.15, 0.2) is 0 Å². The molecule has 7 heteroatoms. The highest BCUT2D eigenvalue weighted by atomic mass is 16.5. The maximum Gasteiger partial charge on any atom is 0.328 e. The summed E-state index contributed by atoms with van der Waals surface area (Å²) in [6.45, 7) is 8.89. The van der Waals surface area contributed by atoms with Gasteiger partial charge in [-0.2, -0.15) is 0 Å². The van der Waals surface area contributed by atoms with Gasteiger partial charge >= 0.3 is 6.03 Å². The summed E-state index contributed by atoms with van der Waals surface area (Å²) in [6, 6.07) is 24.4. The molecule has 3 aromatic rings. The Morgan fingerprint density at radius 1 is 0.833 bits per heavy atom. The second kappa shape index (κ2) is 12.2. The van der Waals surface area contributed by atoms with Crippen molar-refractivity contribution in [2.45, 2.75) is 20.3 Å². The molecule has 0 atom stereocenters. The van der Waals surface area contributed by atoms with Gasteiger partial charge in [-0.05, 0) is 80.2 Å². The zero-order valence-electron chi connectivity index (χ0n) is 21.0. The summed E-state index contributed by atoms with van der Waals surface area (Å²) < 4.78 is 5.87. The minimum atomic E-state index is -0.0990. The van der Waals surface area contributed by atoms with Gasteiger partial charge in [0.05, 0.1) is 0 Å². The average molecular weight is 487 g/mol. The molecule has 0 aliphatic carbocycles. The fraction of sp³-hybridized carbons (Fsp3) is 0.310. The second-order valence-electron chi connectivity index (χ2n) is 8.68. The van der Waals surface area contributed by atoms with E-state index < -0.39 is 0 Å². The highest BCUT2D eigenvalue weighted by molar-refractivity contribution is 6.04. The highest BCUT2D eigenvalue weighted by Crippen LogP contribution is 2.28. The number of benzene rings is 3. The van der Waals surface area contributed by atoms with Crippen molar-refractivity contribution in [1.29, 1.82) is 0 Å². The van der Waals surface area contributed by atoms with Crippen LogP contribution in [0.5, 0.6) is 11.5 Å². The summed E-state index contributed by atoms with van der Waals surface area (Å²) in [7, 11) is 0. The zero-order valence-corrected chi connectivity index (χ0v) is 21.0. The molecule has 7 nitrogen and oxygen atoms in total. The summed E-state index contributed by atoms with van der Waals surface area (Å²) in [6.07, 6.45) is 0.849. The third kappa shape index (κ3) is 6.23. The number of hydrogen-bond donors (Lipinski definition) is 1. The number of nitrogens with one attached hydrogen (secondary N) is 1. The van der Waals surface area contributed by atoms with Crippen molar-refractivity contribution in [3.8, 4) is 11.5 Å². The van der Waals surface area contributed by atoms with Crippen LogP contribution in [0.2, 0.25) is 0 Å². The summed E-state index contributed by atoms with van der Waals surface area (Å²) in [4.78, 5) is 31.6. The van der Waals surface area contributed by atoms with Crippen LogP contribution in [0.25, 0.3) is 0 Å². The predicted octanol–water partition coefficient (Wildman–Crippen LogP) is 5.39. The van der Waals surface area contributed by atoms with E-state index in [4.69, 9.17) is 4.74 Å². The van der Waals surface area contributed by atoms with Crippen LogP contribution in [-0.4, -0.2) is 56.1 Å². The number of carbonyl (C=O) groups excluding carboxylic acids is 2. The Morgan fingerprint density at radius 3 is 1.97 bits per heavy atom. The summed E-state index contributed by atoms with van der Waals surface area (Å²) >= 11 is 0. The van der Waals surface area contributed by atoms with Gasteiger partial charge in [0.1, 0.15) is 11.5 Å². The monoisotopic (exact) mass is 486 g/mol. The molecule has 0 radical (unpaired) electrons. The standard InChI is InChI=1S/C29H34N4O3/c1-3-31(4-2)22-19-30-28(34)23-11-13-24(14-12-23)32-20-8-21-33(29(32)35)25-15-17-27(18-16-25)36-26-9-6-5-7-10-26/h5-7,9-18H,3-4,8,19-22H2,1-2H3,(H,30,34). The molecule has 0 saturated carbocycles. The van der Waals surface area contributed by atoms with Crippen LogP contribution in [-0.2, 0) is 0 Å². The fourth-order valence-corrected chi connectivity index (χ4v) is 4.28. The van der Waals surface area contributed by atoms with Crippen molar-refractivity contribution in [2.24, 2.45) is 0 Å². The Hall–Kier alpha value is -3.84. The largest absolute Gasteiger partial charge is 0.457 e. The van der Waals surface area contributed by atoms with Crippen molar-refractivity contribution < 1.29 is 14.3 Å². The topological polar surface area (TPSA) is 65.1 Å². The summed E-state index contributed by atoms with van der Waals surface area (Å²) in [5.41, 5.74) is 2.20. The number of urea groups is 1. The van der Waals surface area contributed by atoms with Crippen LogP contribution in [0.15, 0.2) is 78.9 Å². The Morgan fingerprint density at radius 2 is 1.39 bits per heavy atom. The summed E-state index contributed by atoms with van der Waals surface area (Å²) in [5, 5.41) is 2.97. The molecular weight excluding hydrogens is 452 g/mol. The van der Waals surface area contributed by atoms with E-state index in [9.17, 15) is 9.59 Å². The van der Waals surface area contributed by atoms with E-state index in [1.807, 2.05) is 66.7 Å². The molecule has 4 rings (SSSR count). The first-order valence-corrected chi connectivity index (χ1v) is 12.6. The molecule has 3 aromatic carbocycles. The van der Waals surface area contributed by atoms with Crippen LogP contribution < -0.4 is 19.9 Å². The molecule has 1 aliphatic rings. The number of ether oxygens (including phenoxy) is 1. The lowest BCUT2D eigenvalue weighted by atomic mass is 10.1. The second-order valence-corrected chi connectivity index (χ2v) is 8.68. The number of likely N-dealkylation sites (N-methyl/N-ethyl adjacent to an activating group) is 1. The Kier molecular flexibility index (Phi) is 8.57. The van der Waals surface area contributed by atoms with E-state index in [0.29, 0.717) is 25.2 Å². The maximum atomic E-state index is 13.3. The average Bonchev–Trinajstić information content (AvgIpc) is 2.92. The number of nitrogens with zero attached hydrogens (tertiary/aromatic N) is 3. The van der Waals surface area contributed by atoms with Crippen LogP contribution >= 0.6 is 0 Å². The summed E-state index contributed by atoms with van der Waals surface area (Å²) in [5.74, 6) is 1.39. The molecular formula is C29H34N4O3. The number of para-hydroxylation sites is 1. The molecule has 1 saturated heterocycles. The SMILES string of the molecule is CCN(CC)CCNC(=O)c1ccc(N2CCCN(c3ccc(Oc4ccccc4)cc3)C2=O)cc1. The third-order valence-electron chi connectivity index (χ3n) is 6.40. The van der Waals surface area contributed by atoms with E-state index in [0.717, 1.165) is 48.9 Å². The number of hydrogen-bond acceptors (Lipinski definition) is 4. The van der Waals surface area contributed by atoms with Gasteiger partial charge in [0, 0.05) is 43.1 Å².